The van der Waals surface area contributed by atoms with Crippen LogP contribution in [0.4, 0.5) is 0 Å². The Labute approximate surface area is 106 Å². The first-order valence-corrected chi connectivity index (χ1v) is 6.19. The summed E-state index contributed by atoms with van der Waals surface area (Å²) < 4.78 is 0. The summed E-state index contributed by atoms with van der Waals surface area (Å²) in [6, 6.07) is 5.27. The molecule has 2 rings (SSSR count). The van der Waals surface area contributed by atoms with E-state index in [1.54, 1.807) is 23.1 Å². The zero-order valence-electron chi connectivity index (χ0n) is 9.82. The molecule has 0 aromatic heterocycles. The van der Waals surface area contributed by atoms with Crippen LogP contribution >= 0.6 is 11.6 Å². The fourth-order valence-electron chi connectivity index (χ4n) is 2.10. The van der Waals surface area contributed by atoms with Crippen LogP contribution in [0.25, 0.3) is 0 Å². The third-order valence-corrected chi connectivity index (χ3v) is 3.51. The number of carbonyl (C=O) groups is 1. The zero-order valence-corrected chi connectivity index (χ0v) is 10.6. The quantitative estimate of drug-likeness (QED) is 0.834. The lowest BCUT2D eigenvalue weighted by atomic mass is 10.1. The van der Waals surface area contributed by atoms with Crippen molar-refractivity contribution < 1.29 is 9.90 Å². The monoisotopic (exact) mass is 253 g/mol. The second kappa shape index (κ2) is 5.07. The molecule has 17 heavy (non-hydrogen) atoms. The van der Waals surface area contributed by atoms with E-state index >= 15 is 0 Å². The average Bonchev–Trinajstić information content (AvgIpc) is 2.32. The molecule has 1 amide bonds. The van der Waals surface area contributed by atoms with Gasteiger partial charge in [0.15, 0.2) is 0 Å². The lowest BCUT2D eigenvalue weighted by Gasteiger charge is -2.30. The molecule has 1 aliphatic rings. The van der Waals surface area contributed by atoms with Gasteiger partial charge in [0.2, 0.25) is 0 Å². The van der Waals surface area contributed by atoms with Crippen LogP contribution < -0.4 is 0 Å². The summed E-state index contributed by atoms with van der Waals surface area (Å²) in [7, 11) is 0. The van der Waals surface area contributed by atoms with Crippen molar-refractivity contribution in [1.82, 2.24) is 4.90 Å². The number of nitrogens with zero attached hydrogens (tertiary/aromatic N) is 1. The molecule has 0 bridgehead atoms. The van der Waals surface area contributed by atoms with Crippen molar-refractivity contribution >= 4 is 17.5 Å². The van der Waals surface area contributed by atoms with Gasteiger partial charge in [-0.25, -0.2) is 0 Å². The number of rotatable bonds is 1. The molecular weight excluding hydrogens is 238 g/mol. The fourth-order valence-corrected chi connectivity index (χ4v) is 2.22. The smallest absolute Gasteiger partial charge is 0.253 e. The standard InChI is InChI=1S/C13H16ClNO2/c1-9-7-10(4-5-12(9)14)13(17)15-6-2-3-11(16)8-15/h4-5,7,11,16H,2-3,6,8H2,1H3/t11-/m0/s1. The van der Waals surface area contributed by atoms with Crippen molar-refractivity contribution in [3.8, 4) is 0 Å². The van der Waals surface area contributed by atoms with Crippen molar-refractivity contribution in [2.45, 2.75) is 25.9 Å². The molecule has 0 unspecified atom stereocenters. The predicted molar refractivity (Wildman–Crippen MR) is 67.3 cm³/mol. The molecule has 1 aromatic rings. The van der Waals surface area contributed by atoms with Gasteiger partial charge in [-0.2, -0.15) is 0 Å². The number of halogens is 1. The summed E-state index contributed by atoms with van der Waals surface area (Å²) in [6.07, 6.45) is 1.25. The van der Waals surface area contributed by atoms with E-state index in [1.165, 1.54) is 0 Å². The Morgan fingerprint density at radius 2 is 2.29 bits per heavy atom. The van der Waals surface area contributed by atoms with E-state index in [-0.39, 0.29) is 12.0 Å². The number of amides is 1. The number of aliphatic hydroxyl groups excluding tert-OH is 1. The number of hydrogen-bond acceptors (Lipinski definition) is 2. The van der Waals surface area contributed by atoms with Gasteiger partial charge in [-0.05, 0) is 43.5 Å². The van der Waals surface area contributed by atoms with Crippen LogP contribution in [0.15, 0.2) is 18.2 Å². The first kappa shape index (κ1) is 12.4. The van der Waals surface area contributed by atoms with Crippen molar-refractivity contribution in [2.75, 3.05) is 13.1 Å². The maximum absolute atomic E-state index is 12.2. The molecule has 1 heterocycles. The highest BCUT2D eigenvalue weighted by molar-refractivity contribution is 6.31. The van der Waals surface area contributed by atoms with Crippen LogP contribution in [-0.2, 0) is 0 Å². The summed E-state index contributed by atoms with van der Waals surface area (Å²) in [5.41, 5.74) is 1.54. The number of piperidine rings is 1. The fraction of sp³-hybridized carbons (Fsp3) is 0.462. The number of aliphatic hydroxyl groups is 1. The SMILES string of the molecule is Cc1cc(C(=O)N2CCC[C@H](O)C2)ccc1Cl. The van der Waals surface area contributed by atoms with E-state index in [0.29, 0.717) is 17.1 Å². The summed E-state index contributed by atoms with van der Waals surface area (Å²) >= 11 is 5.93. The van der Waals surface area contributed by atoms with Crippen molar-refractivity contribution in [1.29, 1.82) is 0 Å². The summed E-state index contributed by atoms with van der Waals surface area (Å²) in [4.78, 5) is 13.9. The summed E-state index contributed by atoms with van der Waals surface area (Å²) in [5.74, 6) is -0.0245. The zero-order chi connectivity index (χ0) is 12.4. The van der Waals surface area contributed by atoms with Gasteiger partial charge in [0.05, 0.1) is 6.10 Å². The van der Waals surface area contributed by atoms with Gasteiger partial charge < -0.3 is 10.0 Å². The van der Waals surface area contributed by atoms with E-state index in [1.807, 2.05) is 6.92 Å². The predicted octanol–water partition coefficient (Wildman–Crippen LogP) is 2.25. The minimum absolute atomic E-state index is 0.0245. The Balaban J connectivity index is 2.15. The van der Waals surface area contributed by atoms with Crippen LogP contribution in [0.3, 0.4) is 0 Å². The van der Waals surface area contributed by atoms with E-state index in [2.05, 4.69) is 0 Å². The van der Waals surface area contributed by atoms with Crippen molar-refractivity contribution in [3.05, 3.63) is 34.3 Å². The largest absolute Gasteiger partial charge is 0.391 e. The van der Waals surface area contributed by atoms with Gasteiger partial charge in [0.1, 0.15) is 0 Å². The molecule has 92 valence electrons. The van der Waals surface area contributed by atoms with Crippen LogP contribution in [0.2, 0.25) is 5.02 Å². The first-order chi connectivity index (χ1) is 8.08. The number of hydrogen-bond donors (Lipinski definition) is 1. The van der Waals surface area contributed by atoms with Gasteiger partial charge >= 0.3 is 0 Å². The maximum Gasteiger partial charge on any atom is 0.253 e. The number of β-amino-alcohol motifs (C(OH)–C–C–N with tert-alkyl or cyclic N) is 1. The highest BCUT2D eigenvalue weighted by Crippen LogP contribution is 2.19. The topological polar surface area (TPSA) is 40.5 Å². The summed E-state index contributed by atoms with van der Waals surface area (Å²) in [5, 5.41) is 10.2. The molecule has 1 fully saturated rings. The van der Waals surface area contributed by atoms with E-state index in [9.17, 15) is 9.90 Å². The van der Waals surface area contributed by atoms with E-state index < -0.39 is 0 Å². The molecule has 1 aromatic carbocycles. The van der Waals surface area contributed by atoms with Gasteiger partial charge in [-0.15, -0.1) is 0 Å². The molecule has 1 saturated heterocycles. The van der Waals surface area contributed by atoms with Crippen molar-refractivity contribution in [2.24, 2.45) is 0 Å². The molecule has 0 saturated carbocycles. The lowest BCUT2D eigenvalue weighted by Crippen LogP contribution is -2.42. The second-order valence-corrected chi connectivity index (χ2v) is 4.92. The Morgan fingerprint density at radius 1 is 1.53 bits per heavy atom. The van der Waals surface area contributed by atoms with E-state index in [4.69, 9.17) is 11.6 Å². The third-order valence-electron chi connectivity index (χ3n) is 3.09. The van der Waals surface area contributed by atoms with Crippen LogP contribution in [-0.4, -0.2) is 35.1 Å². The highest BCUT2D eigenvalue weighted by Gasteiger charge is 2.23. The van der Waals surface area contributed by atoms with Gasteiger partial charge in [0.25, 0.3) is 5.91 Å². The molecule has 0 aliphatic carbocycles. The third kappa shape index (κ3) is 2.79. The summed E-state index contributed by atoms with van der Waals surface area (Å²) in [6.45, 7) is 3.03. The molecule has 0 spiro atoms. The van der Waals surface area contributed by atoms with Crippen LogP contribution in [0.1, 0.15) is 28.8 Å². The Hall–Kier alpha value is -1.06. The Bertz CT molecular complexity index is 433. The van der Waals surface area contributed by atoms with Gasteiger partial charge in [0, 0.05) is 23.7 Å². The van der Waals surface area contributed by atoms with Gasteiger partial charge in [-0.1, -0.05) is 11.6 Å². The second-order valence-electron chi connectivity index (χ2n) is 4.51. The number of carbonyl (C=O) groups excluding carboxylic acids is 1. The normalized spacial score (nSPS) is 20.4. The number of likely N-dealkylation sites (tertiary alicyclic amines) is 1. The maximum atomic E-state index is 12.2. The molecule has 3 nitrogen and oxygen atoms in total. The minimum atomic E-state index is -0.388. The molecular formula is C13H16ClNO2. The molecule has 1 atom stereocenters. The molecule has 1 aliphatic heterocycles. The molecule has 0 radical (unpaired) electrons. The minimum Gasteiger partial charge on any atom is -0.391 e. The average molecular weight is 254 g/mol. The number of benzene rings is 1. The van der Waals surface area contributed by atoms with Gasteiger partial charge in [-0.3, -0.25) is 4.79 Å². The molecule has 1 N–H and O–H groups in total. The van der Waals surface area contributed by atoms with Crippen LogP contribution in [0, 0.1) is 6.92 Å². The molecule has 4 heteroatoms. The first-order valence-electron chi connectivity index (χ1n) is 5.81. The Morgan fingerprint density at radius 3 is 2.94 bits per heavy atom. The Kier molecular flexibility index (Phi) is 3.69. The lowest BCUT2D eigenvalue weighted by molar-refractivity contribution is 0.0473. The van der Waals surface area contributed by atoms with Crippen molar-refractivity contribution in [3.63, 3.8) is 0 Å². The highest BCUT2D eigenvalue weighted by atomic mass is 35.5. The number of aryl methyl sites for hydroxylation is 1. The van der Waals surface area contributed by atoms with E-state index in [0.717, 1.165) is 24.9 Å². The van der Waals surface area contributed by atoms with Crippen LogP contribution in [0.5, 0.6) is 0 Å².